The molecule has 0 heterocycles. The summed E-state index contributed by atoms with van der Waals surface area (Å²) in [6.45, 7) is 4.20. The largest absolute Gasteiger partial charge is 0.756 e. The van der Waals surface area contributed by atoms with Crippen molar-refractivity contribution in [3.8, 4) is 0 Å². The third-order valence-electron chi connectivity index (χ3n) is 11.4. The molecule has 0 aliphatic rings. The van der Waals surface area contributed by atoms with E-state index in [1.807, 2.05) is 21.1 Å². The molecular formula is C49H98NO8P. The second kappa shape index (κ2) is 42.3. The average molecular weight is 860 g/mol. The van der Waals surface area contributed by atoms with Crippen molar-refractivity contribution in [1.29, 1.82) is 0 Å². The van der Waals surface area contributed by atoms with Gasteiger partial charge in [-0.1, -0.05) is 226 Å². The summed E-state index contributed by atoms with van der Waals surface area (Å²) in [5.41, 5.74) is 0. The van der Waals surface area contributed by atoms with Crippen LogP contribution in [0.5, 0.6) is 0 Å². The lowest BCUT2D eigenvalue weighted by atomic mass is 10.0. The Morgan fingerprint density at radius 2 is 0.763 bits per heavy atom. The number of hydrogen-bond acceptors (Lipinski definition) is 8. The van der Waals surface area contributed by atoms with Gasteiger partial charge in [-0.2, -0.15) is 0 Å². The lowest BCUT2D eigenvalue weighted by Crippen LogP contribution is -2.37. The van der Waals surface area contributed by atoms with Gasteiger partial charge in [-0.05, 0) is 12.8 Å². The summed E-state index contributed by atoms with van der Waals surface area (Å²) in [6.07, 6.45) is 44.8. The fraction of sp³-hybridized carbons (Fsp3) is 0.959. The molecule has 0 bridgehead atoms. The number of phosphoric acid groups is 1. The Bertz CT molecular complexity index is 974. The van der Waals surface area contributed by atoms with Crippen LogP contribution in [0.3, 0.4) is 0 Å². The van der Waals surface area contributed by atoms with Crippen molar-refractivity contribution in [2.75, 3.05) is 47.5 Å². The first-order valence-corrected chi connectivity index (χ1v) is 26.7. The van der Waals surface area contributed by atoms with Crippen molar-refractivity contribution in [2.24, 2.45) is 0 Å². The molecule has 0 rings (SSSR count). The molecule has 0 aromatic carbocycles. The Labute approximate surface area is 365 Å². The van der Waals surface area contributed by atoms with Crippen molar-refractivity contribution >= 4 is 19.8 Å². The van der Waals surface area contributed by atoms with Gasteiger partial charge in [0, 0.05) is 12.8 Å². The maximum Gasteiger partial charge on any atom is 0.306 e. The lowest BCUT2D eigenvalue weighted by Gasteiger charge is -2.28. The predicted octanol–water partition coefficient (Wildman–Crippen LogP) is 14.1. The summed E-state index contributed by atoms with van der Waals surface area (Å²) in [7, 11) is 1.18. The minimum atomic E-state index is -4.61. The number of hydrogen-bond donors (Lipinski definition) is 0. The highest BCUT2D eigenvalue weighted by molar-refractivity contribution is 7.45. The van der Waals surface area contributed by atoms with Gasteiger partial charge in [-0.25, -0.2) is 0 Å². The van der Waals surface area contributed by atoms with Crippen molar-refractivity contribution in [3.05, 3.63) is 0 Å². The fourth-order valence-corrected chi connectivity index (χ4v) is 8.15. The van der Waals surface area contributed by atoms with Gasteiger partial charge in [-0.3, -0.25) is 14.2 Å². The van der Waals surface area contributed by atoms with Crippen molar-refractivity contribution in [1.82, 2.24) is 0 Å². The number of phosphoric ester groups is 1. The molecule has 0 aromatic heterocycles. The van der Waals surface area contributed by atoms with E-state index in [1.165, 1.54) is 180 Å². The van der Waals surface area contributed by atoms with E-state index in [1.54, 1.807) is 0 Å². The van der Waals surface area contributed by atoms with Gasteiger partial charge in [-0.15, -0.1) is 0 Å². The molecular weight excluding hydrogens is 762 g/mol. The normalized spacial score (nSPS) is 13.4. The number of likely N-dealkylation sites (N-methyl/N-ethyl adjacent to an activating group) is 1. The molecule has 0 aliphatic carbocycles. The van der Waals surface area contributed by atoms with E-state index in [2.05, 4.69) is 13.8 Å². The fourth-order valence-electron chi connectivity index (χ4n) is 7.42. The zero-order valence-electron chi connectivity index (χ0n) is 39.7. The SMILES string of the molecule is CCCCCCCCCCCCCCCCCCCCCCCCCCCCCCCC(=O)OC(COC(=O)CCCCCCCC)COP(=O)([O-])OCC[N+](C)(C)C. The van der Waals surface area contributed by atoms with E-state index in [-0.39, 0.29) is 32.0 Å². The van der Waals surface area contributed by atoms with Crippen LogP contribution in [-0.2, 0) is 32.7 Å². The summed E-state index contributed by atoms with van der Waals surface area (Å²) in [4.78, 5) is 37.3. The highest BCUT2D eigenvalue weighted by atomic mass is 31.2. The van der Waals surface area contributed by atoms with Gasteiger partial charge in [0.2, 0.25) is 0 Å². The Morgan fingerprint density at radius 3 is 1.08 bits per heavy atom. The minimum absolute atomic E-state index is 0.0261. The molecule has 9 nitrogen and oxygen atoms in total. The first-order chi connectivity index (χ1) is 28.5. The molecule has 0 radical (unpaired) electrons. The molecule has 0 aromatic rings. The Balaban J connectivity index is 3.89. The molecule has 0 saturated carbocycles. The first kappa shape index (κ1) is 58.0. The summed E-state index contributed by atoms with van der Waals surface area (Å²) in [5.74, 6) is -0.829. The molecule has 0 aliphatic heterocycles. The molecule has 0 saturated heterocycles. The monoisotopic (exact) mass is 860 g/mol. The molecule has 0 N–H and O–H groups in total. The molecule has 2 atom stereocenters. The minimum Gasteiger partial charge on any atom is -0.756 e. The highest BCUT2D eigenvalue weighted by Gasteiger charge is 2.21. The summed E-state index contributed by atoms with van der Waals surface area (Å²) < 4.78 is 33.8. The Morgan fingerprint density at radius 1 is 0.458 bits per heavy atom. The number of ether oxygens (including phenoxy) is 2. The molecule has 352 valence electrons. The van der Waals surface area contributed by atoms with Gasteiger partial charge >= 0.3 is 11.9 Å². The van der Waals surface area contributed by atoms with Crippen LogP contribution >= 0.6 is 7.82 Å². The Hall–Kier alpha value is -0.990. The summed E-state index contributed by atoms with van der Waals surface area (Å²) >= 11 is 0. The second-order valence-corrected chi connectivity index (χ2v) is 20.0. The van der Waals surface area contributed by atoms with E-state index >= 15 is 0 Å². The summed E-state index contributed by atoms with van der Waals surface area (Å²) in [5, 5.41) is 0. The van der Waals surface area contributed by atoms with E-state index in [0.29, 0.717) is 17.4 Å². The van der Waals surface area contributed by atoms with Gasteiger partial charge in [0.1, 0.15) is 19.8 Å². The second-order valence-electron chi connectivity index (χ2n) is 18.6. The third-order valence-corrected chi connectivity index (χ3v) is 12.3. The van der Waals surface area contributed by atoms with E-state index in [9.17, 15) is 19.0 Å². The van der Waals surface area contributed by atoms with Crippen LogP contribution in [0.15, 0.2) is 0 Å². The van der Waals surface area contributed by atoms with Crippen LogP contribution in [0.25, 0.3) is 0 Å². The van der Waals surface area contributed by atoms with Gasteiger partial charge in [0.25, 0.3) is 7.82 Å². The van der Waals surface area contributed by atoms with Crippen molar-refractivity contribution in [3.63, 3.8) is 0 Å². The number of unbranched alkanes of at least 4 members (excludes halogenated alkanes) is 33. The Kier molecular flexibility index (Phi) is 41.6. The first-order valence-electron chi connectivity index (χ1n) is 25.2. The van der Waals surface area contributed by atoms with Crippen LogP contribution in [0.2, 0.25) is 0 Å². The average Bonchev–Trinajstić information content (AvgIpc) is 3.19. The zero-order valence-corrected chi connectivity index (χ0v) is 40.6. The highest BCUT2D eigenvalue weighted by Crippen LogP contribution is 2.38. The van der Waals surface area contributed by atoms with Crippen LogP contribution < -0.4 is 4.89 Å². The van der Waals surface area contributed by atoms with Crippen LogP contribution in [0.1, 0.15) is 251 Å². The molecule has 0 amide bonds. The number of esters is 2. The zero-order chi connectivity index (χ0) is 43.6. The number of quaternary nitrogens is 1. The molecule has 59 heavy (non-hydrogen) atoms. The van der Waals surface area contributed by atoms with E-state index < -0.39 is 26.5 Å². The third kappa shape index (κ3) is 46.3. The van der Waals surface area contributed by atoms with E-state index in [4.69, 9.17) is 18.5 Å². The number of carbonyl (C=O) groups is 2. The smallest absolute Gasteiger partial charge is 0.306 e. The van der Waals surface area contributed by atoms with Gasteiger partial charge in [0.15, 0.2) is 6.10 Å². The molecule has 0 spiro atoms. The predicted molar refractivity (Wildman–Crippen MR) is 245 cm³/mol. The maximum atomic E-state index is 12.7. The molecule has 10 heteroatoms. The quantitative estimate of drug-likeness (QED) is 0.0257. The van der Waals surface area contributed by atoms with Crippen LogP contribution in [0, 0.1) is 0 Å². The van der Waals surface area contributed by atoms with E-state index in [0.717, 1.165) is 38.5 Å². The number of rotatable bonds is 47. The van der Waals surface area contributed by atoms with Crippen molar-refractivity contribution in [2.45, 2.75) is 258 Å². The van der Waals surface area contributed by atoms with Crippen LogP contribution in [0.4, 0.5) is 0 Å². The number of carbonyl (C=O) groups excluding carboxylic acids is 2. The number of nitrogens with zero attached hydrogens (tertiary/aromatic N) is 1. The summed E-state index contributed by atoms with van der Waals surface area (Å²) in [6, 6.07) is 0. The molecule has 0 fully saturated rings. The van der Waals surface area contributed by atoms with Gasteiger partial charge in [0.05, 0.1) is 27.7 Å². The maximum absolute atomic E-state index is 12.7. The lowest BCUT2D eigenvalue weighted by molar-refractivity contribution is -0.870. The van der Waals surface area contributed by atoms with Gasteiger partial charge < -0.3 is 27.9 Å². The van der Waals surface area contributed by atoms with Crippen molar-refractivity contribution < 1.29 is 42.1 Å². The standard InChI is InChI=1S/C49H98NO8P/c1-6-8-10-12-14-15-16-17-18-19-20-21-22-23-24-25-26-27-28-29-30-31-32-33-34-35-36-38-40-42-49(52)58-47(45-55-48(51)41-39-37-13-11-9-7-2)46-57-59(53,54)56-44-43-50(3,4)5/h47H,6-46H2,1-5H3. The van der Waals surface area contributed by atoms with Crippen LogP contribution in [-0.4, -0.2) is 70.0 Å². The topological polar surface area (TPSA) is 111 Å². The molecule has 2 unspecified atom stereocenters.